The van der Waals surface area contributed by atoms with Gasteiger partial charge in [0.25, 0.3) is 0 Å². The van der Waals surface area contributed by atoms with Crippen molar-refractivity contribution in [3.05, 3.63) is 21.3 Å². The molecule has 0 saturated heterocycles. The first-order chi connectivity index (χ1) is 8.13. The van der Waals surface area contributed by atoms with E-state index in [2.05, 4.69) is 25.1 Å². The molecule has 0 aliphatic rings. The van der Waals surface area contributed by atoms with Gasteiger partial charge in [-0.15, -0.1) is 11.3 Å². The summed E-state index contributed by atoms with van der Waals surface area (Å²) in [5, 5.41) is 2.79. The molecule has 2 atom stereocenters. The SMILES string of the molecule is CCC(CSC)N(C)C(CN)c1cc(Cl)cs1. The first-order valence-electron chi connectivity index (χ1n) is 5.78. The van der Waals surface area contributed by atoms with E-state index in [4.69, 9.17) is 17.3 Å². The molecule has 0 fully saturated rings. The number of nitrogens with zero attached hydrogens (tertiary/aromatic N) is 1. The molecule has 0 radical (unpaired) electrons. The van der Waals surface area contributed by atoms with Gasteiger partial charge >= 0.3 is 0 Å². The lowest BCUT2D eigenvalue weighted by molar-refractivity contribution is 0.190. The third-order valence-corrected chi connectivity index (χ3v) is 5.14. The Morgan fingerprint density at radius 3 is 2.71 bits per heavy atom. The van der Waals surface area contributed by atoms with Crippen LogP contribution in [0.3, 0.4) is 0 Å². The molecule has 0 spiro atoms. The molecule has 0 amide bonds. The van der Waals surface area contributed by atoms with Gasteiger partial charge in [-0.2, -0.15) is 11.8 Å². The van der Waals surface area contributed by atoms with Gasteiger partial charge < -0.3 is 5.73 Å². The number of thioether (sulfide) groups is 1. The summed E-state index contributed by atoms with van der Waals surface area (Å²) in [6.07, 6.45) is 3.29. The van der Waals surface area contributed by atoms with Gasteiger partial charge in [-0.1, -0.05) is 18.5 Å². The number of halogens is 1. The van der Waals surface area contributed by atoms with E-state index in [0.29, 0.717) is 12.6 Å². The molecule has 1 aromatic rings. The molecular weight excluding hydrogens is 272 g/mol. The molecule has 0 aromatic carbocycles. The van der Waals surface area contributed by atoms with Gasteiger partial charge in [0.2, 0.25) is 0 Å². The average Bonchev–Trinajstić information content (AvgIpc) is 2.73. The molecule has 1 heterocycles. The van der Waals surface area contributed by atoms with Gasteiger partial charge in [0.05, 0.1) is 11.1 Å². The van der Waals surface area contributed by atoms with Crippen molar-refractivity contribution >= 4 is 34.7 Å². The summed E-state index contributed by atoms with van der Waals surface area (Å²) in [6, 6.07) is 2.88. The summed E-state index contributed by atoms with van der Waals surface area (Å²) in [6.45, 7) is 2.87. The Balaban J connectivity index is 2.78. The summed E-state index contributed by atoms with van der Waals surface area (Å²) < 4.78 is 0. The van der Waals surface area contributed by atoms with Gasteiger partial charge in [-0.25, -0.2) is 0 Å². The van der Waals surface area contributed by atoms with Crippen molar-refractivity contribution < 1.29 is 0 Å². The minimum absolute atomic E-state index is 0.282. The zero-order valence-electron chi connectivity index (χ0n) is 10.6. The van der Waals surface area contributed by atoms with E-state index in [1.54, 1.807) is 11.3 Å². The molecule has 2 N–H and O–H groups in total. The molecule has 1 rings (SSSR count). The number of rotatable bonds is 7. The van der Waals surface area contributed by atoms with E-state index >= 15 is 0 Å². The smallest absolute Gasteiger partial charge is 0.0565 e. The fourth-order valence-electron chi connectivity index (χ4n) is 1.96. The molecule has 0 saturated carbocycles. The maximum Gasteiger partial charge on any atom is 0.0565 e. The normalized spacial score (nSPS) is 15.2. The Morgan fingerprint density at radius 1 is 1.59 bits per heavy atom. The first-order valence-corrected chi connectivity index (χ1v) is 8.44. The first kappa shape index (κ1) is 15.3. The fourth-order valence-corrected chi connectivity index (χ4v) is 4.06. The van der Waals surface area contributed by atoms with Gasteiger partial charge in [-0.3, -0.25) is 4.90 Å². The van der Waals surface area contributed by atoms with Gasteiger partial charge in [-0.05, 0) is 25.8 Å². The molecule has 2 unspecified atom stereocenters. The Kier molecular flexibility index (Phi) is 6.89. The minimum atomic E-state index is 0.282. The van der Waals surface area contributed by atoms with Crippen molar-refractivity contribution in [2.24, 2.45) is 5.73 Å². The second kappa shape index (κ2) is 7.64. The lowest BCUT2D eigenvalue weighted by atomic mass is 10.1. The van der Waals surface area contributed by atoms with Gasteiger partial charge in [0.1, 0.15) is 0 Å². The molecule has 5 heteroatoms. The molecule has 17 heavy (non-hydrogen) atoms. The third-order valence-electron chi connectivity index (χ3n) is 3.04. The van der Waals surface area contributed by atoms with Gasteiger partial charge in [0.15, 0.2) is 0 Å². The van der Waals surface area contributed by atoms with E-state index in [9.17, 15) is 0 Å². The van der Waals surface area contributed by atoms with Crippen molar-refractivity contribution in [3.8, 4) is 0 Å². The van der Waals surface area contributed by atoms with E-state index in [0.717, 1.165) is 17.2 Å². The Hall–Kier alpha value is 0.260. The highest BCUT2D eigenvalue weighted by atomic mass is 35.5. The predicted octanol–water partition coefficient (Wildman–Crippen LogP) is 3.47. The molecule has 0 aliphatic heterocycles. The standard InChI is InChI=1S/C12H21ClN2S2/c1-4-10(8-16-3)15(2)11(6-14)12-5-9(13)7-17-12/h5,7,10-11H,4,6,8,14H2,1-3H3. The third kappa shape index (κ3) is 4.14. The number of hydrogen-bond donors (Lipinski definition) is 1. The van der Waals surface area contributed by atoms with Crippen LogP contribution < -0.4 is 5.73 Å². The van der Waals surface area contributed by atoms with Crippen molar-refractivity contribution in [3.63, 3.8) is 0 Å². The fraction of sp³-hybridized carbons (Fsp3) is 0.667. The highest BCUT2D eigenvalue weighted by Gasteiger charge is 2.23. The van der Waals surface area contributed by atoms with Crippen LogP contribution in [0.2, 0.25) is 5.02 Å². The highest BCUT2D eigenvalue weighted by molar-refractivity contribution is 7.98. The lowest BCUT2D eigenvalue weighted by Crippen LogP contribution is -2.39. The van der Waals surface area contributed by atoms with Gasteiger partial charge in [0, 0.05) is 28.6 Å². The Bertz CT molecular complexity index is 330. The van der Waals surface area contributed by atoms with E-state index < -0.39 is 0 Å². The molecule has 2 nitrogen and oxygen atoms in total. The van der Waals surface area contributed by atoms with Crippen LogP contribution in [0.5, 0.6) is 0 Å². The number of nitrogens with two attached hydrogens (primary N) is 1. The summed E-state index contributed by atoms with van der Waals surface area (Å²) in [4.78, 5) is 3.65. The van der Waals surface area contributed by atoms with Crippen molar-refractivity contribution in [2.75, 3.05) is 25.6 Å². The Morgan fingerprint density at radius 2 is 2.29 bits per heavy atom. The van der Waals surface area contributed by atoms with Crippen LogP contribution in [0.1, 0.15) is 24.3 Å². The lowest BCUT2D eigenvalue weighted by Gasteiger charge is -2.33. The number of thiophene rings is 1. The van der Waals surface area contributed by atoms with Crippen LogP contribution >= 0.6 is 34.7 Å². The van der Waals surface area contributed by atoms with Crippen molar-refractivity contribution in [2.45, 2.75) is 25.4 Å². The maximum atomic E-state index is 5.99. The summed E-state index contributed by atoms with van der Waals surface area (Å²) in [5.41, 5.74) is 5.92. The predicted molar refractivity (Wildman–Crippen MR) is 81.3 cm³/mol. The number of likely N-dealkylation sites (N-methyl/N-ethyl adjacent to an activating group) is 1. The van der Waals surface area contributed by atoms with Crippen LogP contribution in [0.4, 0.5) is 0 Å². The van der Waals surface area contributed by atoms with Crippen molar-refractivity contribution in [1.29, 1.82) is 0 Å². The summed E-state index contributed by atoms with van der Waals surface area (Å²) >= 11 is 9.57. The van der Waals surface area contributed by atoms with E-state index in [1.807, 2.05) is 23.2 Å². The molecule has 1 aromatic heterocycles. The average molecular weight is 293 g/mol. The van der Waals surface area contributed by atoms with Crippen molar-refractivity contribution in [1.82, 2.24) is 4.90 Å². The van der Waals surface area contributed by atoms with Crippen LogP contribution in [0.15, 0.2) is 11.4 Å². The summed E-state index contributed by atoms with van der Waals surface area (Å²) in [5.74, 6) is 1.14. The molecule has 0 aliphatic carbocycles. The van der Waals surface area contributed by atoms with Crippen LogP contribution in [0, 0.1) is 0 Å². The second-order valence-electron chi connectivity index (χ2n) is 4.10. The molecular formula is C12H21ClN2S2. The molecule has 0 bridgehead atoms. The highest BCUT2D eigenvalue weighted by Crippen LogP contribution is 2.30. The zero-order chi connectivity index (χ0) is 12.8. The number of hydrogen-bond acceptors (Lipinski definition) is 4. The topological polar surface area (TPSA) is 29.3 Å². The van der Waals surface area contributed by atoms with Crippen LogP contribution in [0.25, 0.3) is 0 Å². The summed E-state index contributed by atoms with van der Waals surface area (Å²) in [7, 11) is 2.16. The largest absolute Gasteiger partial charge is 0.329 e. The minimum Gasteiger partial charge on any atom is -0.329 e. The quantitative estimate of drug-likeness (QED) is 0.834. The maximum absolute atomic E-state index is 5.99. The Labute approximate surface area is 118 Å². The van der Waals surface area contributed by atoms with E-state index in [1.165, 1.54) is 4.88 Å². The molecule has 98 valence electrons. The van der Waals surface area contributed by atoms with Crippen LogP contribution in [-0.2, 0) is 0 Å². The van der Waals surface area contributed by atoms with E-state index in [-0.39, 0.29) is 6.04 Å². The second-order valence-corrected chi connectivity index (χ2v) is 6.39. The van der Waals surface area contributed by atoms with Crippen LogP contribution in [-0.4, -0.2) is 36.5 Å². The zero-order valence-corrected chi connectivity index (χ0v) is 13.0. The monoisotopic (exact) mass is 292 g/mol.